The van der Waals surface area contributed by atoms with Gasteiger partial charge in [-0.1, -0.05) is 26.7 Å². The SMILES string of the molecule is CCCC(S)C(S)COC(=O)CC(O)(CC(=O)O)C(=O)OCC(S)C(S)CCC. The van der Waals surface area contributed by atoms with Gasteiger partial charge in [-0.15, -0.1) is 0 Å². The average molecular weight is 489 g/mol. The molecule has 0 aliphatic carbocycles. The van der Waals surface area contributed by atoms with Crippen molar-refractivity contribution in [3.63, 3.8) is 0 Å². The summed E-state index contributed by atoms with van der Waals surface area (Å²) >= 11 is 17.3. The average Bonchev–Trinajstić information content (AvgIpc) is 2.63. The van der Waals surface area contributed by atoms with E-state index in [-0.39, 0.29) is 29.0 Å². The van der Waals surface area contributed by atoms with Gasteiger partial charge in [0.2, 0.25) is 0 Å². The lowest BCUT2D eigenvalue weighted by Crippen LogP contribution is -2.45. The van der Waals surface area contributed by atoms with Crippen molar-refractivity contribution in [2.24, 2.45) is 0 Å². The number of carboxylic acid groups (broad SMARTS) is 1. The van der Waals surface area contributed by atoms with Crippen molar-refractivity contribution in [1.29, 1.82) is 0 Å². The van der Waals surface area contributed by atoms with E-state index >= 15 is 0 Å². The Balaban J connectivity index is 4.87. The highest BCUT2D eigenvalue weighted by molar-refractivity contribution is 7.85. The van der Waals surface area contributed by atoms with Crippen molar-refractivity contribution in [3.05, 3.63) is 0 Å². The predicted octanol–water partition coefficient (Wildman–Crippen LogP) is 2.46. The molecule has 7 nitrogen and oxygen atoms in total. The Labute approximate surface area is 194 Å². The van der Waals surface area contributed by atoms with Crippen LogP contribution in [0.25, 0.3) is 0 Å². The molecule has 0 amide bonds. The van der Waals surface area contributed by atoms with Gasteiger partial charge >= 0.3 is 17.9 Å². The fourth-order valence-corrected chi connectivity index (χ4v) is 3.55. The molecule has 0 bridgehead atoms. The first-order valence-electron chi connectivity index (χ1n) is 9.46. The summed E-state index contributed by atoms with van der Waals surface area (Å²) in [6, 6.07) is 0. The second-order valence-corrected chi connectivity index (χ2v) is 9.56. The molecule has 0 radical (unpaired) electrons. The molecule has 0 aromatic heterocycles. The number of ether oxygens (including phenoxy) is 2. The zero-order valence-corrected chi connectivity index (χ0v) is 20.3. The number of carbonyl (C=O) groups is 3. The van der Waals surface area contributed by atoms with Crippen molar-refractivity contribution >= 4 is 68.4 Å². The minimum atomic E-state index is -2.54. The second-order valence-electron chi connectivity index (χ2n) is 6.91. The van der Waals surface area contributed by atoms with Crippen LogP contribution in [-0.4, -0.2) is 67.9 Å². The molecular formula is C18H32O7S4. The third-order valence-corrected chi connectivity index (χ3v) is 6.84. The maximum absolute atomic E-state index is 12.3. The van der Waals surface area contributed by atoms with Crippen LogP contribution in [-0.2, 0) is 23.9 Å². The third-order valence-electron chi connectivity index (χ3n) is 4.12. The van der Waals surface area contributed by atoms with Gasteiger partial charge in [0.05, 0.1) is 12.8 Å². The van der Waals surface area contributed by atoms with Gasteiger partial charge < -0.3 is 19.7 Å². The van der Waals surface area contributed by atoms with Crippen molar-refractivity contribution in [2.75, 3.05) is 13.2 Å². The molecule has 0 spiro atoms. The zero-order valence-electron chi connectivity index (χ0n) is 16.7. The highest BCUT2D eigenvalue weighted by Crippen LogP contribution is 2.22. The van der Waals surface area contributed by atoms with E-state index in [9.17, 15) is 19.5 Å². The molecular weight excluding hydrogens is 456 g/mol. The number of hydrogen-bond acceptors (Lipinski definition) is 10. The van der Waals surface area contributed by atoms with E-state index < -0.39 is 41.6 Å². The number of rotatable bonds is 15. The molecule has 2 N–H and O–H groups in total. The summed E-state index contributed by atoms with van der Waals surface area (Å²) in [4.78, 5) is 35.5. The smallest absolute Gasteiger partial charge is 0.339 e. The molecule has 29 heavy (non-hydrogen) atoms. The molecule has 0 saturated carbocycles. The largest absolute Gasteiger partial charge is 0.481 e. The van der Waals surface area contributed by atoms with Crippen molar-refractivity contribution < 1.29 is 34.1 Å². The molecule has 0 saturated heterocycles. The Bertz CT molecular complexity index is 534. The van der Waals surface area contributed by atoms with Crippen LogP contribution in [0.3, 0.4) is 0 Å². The normalized spacial score (nSPS) is 17.5. The topological polar surface area (TPSA) is 110 Å². The number of thiol groups is 4. The summed E-state index contributed by atoms with van der Waals surface area (Å²) in [7, 11) is 0. The van der Waals surface area contributed by atoms with E-state index in [1.54, 1.807) is 0 Å². The first kappa shape index (κ1) is 28.8. The summed E-state index contributed by atoms with van der Waals surface area (Å²) < 4.78 is 10.1. The number of aliphatic hydroxyl groups is 1. The van der Waals surface area contributed by atoms with E-state index in [1.165, 1.54) is 0 Å². The number of aliphatic carboxylic acids is 1. The van der Waals surface area contributed by atoms with Crippen LogP contribution in [0, 0.1) is 0 Å². The van der Waals surface area contributed by atoms with Gasteiger partial charge in [0.1, 0.15) is 13.2 Å². The third kappa shape index (κ3) is 11.7. The van der Waals surface area contributed by atoms with Gasteiger partial charge in [0.15, 0.2) is 5.60 Å². The van der Waals surface area contributed by atoms with Crippen molar-refractivity contribution in [3.8, 4) is 0 Å². The number of carbonyl (C=O) groups excluding carboxylic acids is 2. The number of hydrogen-bond donors (Lipinski definition) is 6. The minimum Gasteiger partial charge on any atom is -0.481 e. The molecule has 0 fully saturated rings. The summed E-state index contributed by atoms with van der Waals surface area (Å²) in [5.41, 5.74) is -2.54. The summed E-state index contributed by atoms with van der Waals surface area (Å²) in [6.07, 6.45) is 1.44. The van der Waals surface area contributed by atoms with E-state index in [2.05, 4.69) is 50.5 Å². The minimum absolute atomic E-state index is 0.0780. The highest BCUT2D eigenvalue weighted by atomic mass is 32.1. The molecule has 11 heteroatoms. The van der Waals surface area contributed by atoms with E-state index in [0.717, 1.165) is 25.7 Å². The van der Waals surface area contributed by atoms with Crippen molar-refractivity contribution in [1.82, 2.24) is 0 Å². The summed E-state index contributed by atoms with van der Waals surface area (Å²) in [6.45, 7) is 3.71. The van der Waals surface area contributed by atoms with Crippen LogP contribution >= 0.6 is 50.5 Å². The fourth-order valence-electron chi connectivity index (χ4n) is 2.42. The zero-order chi connectivity index (χ0) is 22.6. The lowest BCUT2D eigenvalue weighted by molar-refractivity contribution is -0.176. The number of carboxylic acids is 1. The quantitative estimate of drug-likeness (QED) is 0.155. The van der Waals surface area contributed by atoms with Gasteiger partial charge in [-0.3, -0.25) is 9.59 Å². The second kappa shape index (κ2) is 14.7. The Morgan fingerprint density at radius 2 is 1.28 bits per heavy atom. The molecule has 0 aromatic carbocycles. The van der Waals surface area contributed by atoms with Crippen LogP contribution in [0.1, 0.15) is 52.4 Å². The lowest BCUT2D eigenvalue weighted by Gasteiger charge is -2.25. The maximum Gasteiger partial charge on any atom is 0.339 e. The van der Waals surface area contributed by atoms with Gasteiger partial charge in [-0.25, -0.2) is 4.79 Å². The van der Waals surface area contributed by atoms with Gasteiger partial charge in [-0.2, -0.15) is 50.5 Å². The molecule has 170 valence electrons. The summed E-state index contributed by atoms with van der Waals surface area (Å²) in [5, 5.41) is 18.6. The molecule has 0 aliphatic rings. The van der Waals surface area contributed by atoms with Crippen LogP contribution in [0.2, 0.25) is 0 Å². The molecule has 5 unspecified atom stereocenters. The molecule has 0 rings (SSSR count). The Morgan fingerprint density at radius 3 is 1.69 bits per heavy atom. The molecule has 0 heterocycles. The molecule has 0 aromatic rings. The van der Waals surface area contributed by atoms with Gasteiger partial charge in [-0.05, 0) is 12.8 Å². The fraction of sp³-hybridized carbons (Fsp3) is 0.833. The Morgan fingerprint density at radius 1 is 0.828 bits per heavy atom. The van der Waals surface area contributed by atoms with E-state index in [0.29, 0.717) is 0 Å². The van der Waals surface area contributed by atoms with Crippen molar-refractivity contribution in [2.45, 2.75) is 79.0 Å². The Hall–Kier alpha value is -0.230. The first-order chi connectivity index (χ1) is 13.5. The first-order valence-corrected chi connectivity index (χ1v) is 11.5. The van der Waals surface area contributed by atoms with Crippen LogP contribution in [0.5, 0.6) is 0 Å². The number of esters is 2. The van der Waals surface area contributed by atoms with Crippen LogP contribution in [0.15, 0.2) is 0 Å². The molecule has 0 aliphatic heterocycles. The van der Waals surface area contributed by atoms with Crippen LogP contribution in [0.4, 0.5) is 0 Å². The molecule has 5 atom stereocenters. The van der Waals surface area contributed by atoms with Gasteiger partial charge in [0.25, 0.3) is 0 Å². The van der Waals surface area contributed by atoms with E-state index in [1.807, 2.05) is 13.8 Å². The monoisotopic (exact) mass is 488 g/mol. The standard InChI is InChI=1S/C18H32O7S4/c1-3-5-11(26)13(28)9-24-16(21)8-18(23,7-15(19)20)17(22)25-10-14(29)12(27)6-4-2/h11-14,23,26-29H,3-10H2,1-2H3,(H,19,20). The van der Waals surface area contributed by atoms with E-state index in [4.69, 9.17) is 14.6 Å². The lowest BCUT2D eigenvalue weighted by atomic mass is 9.95. The van der Waals surface area contributed by atoms with Crippen LogP contribution < -0.4 is 0 Å². The highest BCUT2D eigenvalue weighted by Gasteiger charge is 2.43. The maximum atomic E-state index is 12.3. The van der Waals surface area contributed by atoms with Gasteiger partial charge in [0, 0.05) is 21.0 Å². The Kier molecular flexibility index (Phi) is 14.6. The summed E-state index contributed by atoms with van der Waals surface area (Å²) in [5.74, 6) is -3.60. The predicted molar refractivity (Wildman–Crippen MR) is 125 cm³/mol.